The van der Waals surface area contributed by atoms with E-state index in [0.29, 0.717) is 30.5 Å². The van der Waals surface area contributed by atoms with Gasteiger partial charge in [0.05, 0.1) is 29.7 Å². The van der Waals surface area contributed by atoms with Gasteiger partial charge in [-0.25, -0.2) is 0 Å². The standard InChI is InChI=1S/C17H22N2O4/c1-11-14(23-16(20)17(2,3)4)13-12(9-18-11)10-22-15(13)19-5-7-21-8-6-19/h9-10H,5-8H2,1-4H3. The number of esters is 1. The molecule has 0 aliphatic carbocycles. The number of furan rings is 1. The number of nitrogens with zero attached hydrogens (tertiary/aromatic N) is 2. The van der Waals surface area contributed by atoms with Crippen LogP contribution >= 0.6 is 0 Å². The van der Waals surface area contributed by atoms with Gasteiger partial charge in [-0.1, -0.05) is 0 Å². The van der Waals surface area contributed by atoms with Crippen molar-refractivity contribution in [3.05, 3.63) is 18.2 Å². The Morgan fingerprint density at radius 2 is 2.00 bits per heavy atom. The fraction of sp³-hybridized carbons (Fsp3) is 0.529. The molecule has 0 N–H and O–H groups in total. The normalized spacial score (nSPS) is 15.9. The highest BCUT2D eigenvalue weighted by Crippen LogP contribution is 2.38. The second-order valence-electron chi connectivity index (χ2n) is 6.78. The summed E-state index contributed by atoms with van der Waals surface area (Å²) < 4.78 is 16.8. The Labute approximate surface area is 135 Å². The van der Waals surface area contributed by atoms with E-state index in [1.165, 1.54) is 0 Å². The summed E-state index contributed by atoms with van der Waals surface area (Å²) in [4.78, 5) is 18.8. The lowest BCUT2D eigenvalue weighted by Gasteiger charge is -2.27. The zero-order chi connectivity index (χ0) is 16.6. The first-order chi connectivity index (χ1) is 10.9. The molecule has 0 unspecified atom stereocenters. The van der Waals surface area contributed by atoms with Crippen LogP contribution in [-0.2, 0) is 9.53 Å². The third-order valence-corrected chi connectivity index (χ3v) is 3.86. The molecule has 124 valence electrons. The first-order valence-corrected chi connectivity index (χ1v) is 7.79. The van der Waals surface area contributed by atoms with Gasteiger partial charge in [-0.3, -0.25) is 9.78 Å². The Balaban J connectivity index is 2.06. The SMILES string of the molecule is Cc1ncc2coc(N3CCOCC3)c2c1OC(=O)C(C)(C)C. The van der Waals surface area contributed by atoms with E-state index in [9.17, 15) is 4.79 Å². The first kappa shape index (κ1) is 15.8. The van der Waals surface area contributed by atoms with Crippen LogP contribution in [0.15, 0.2) is 16.9 Å². The summed E-state index contributed by atoms with van der Waals surface area (Å²) in [6.07, 6.45) is 3.40. The van der Waals surface area contributed by atoms with E-state index in [-0.39, 0.29) is 5.97 Å². The number of anilines is 1. The topological polar surface area (TPSA) is 64.8 Å². The molecule has 6 heteroatoms. The summed E-state index contributed by atoms with van der Waals surface area (Å²) in [5.74, 6) is 0.909. The molecule has 2 aromatic heterocycles. The highest BCUT2D eigenvalue weighted by molar-refractivity contribution is 5.98. The molecule has 1 aliphatic rings. The molecule has 1 aliphatic heterocycles. The largest absolute Gasteiger partial charge is 0.447 e. The average molecular weight is 318 g/mol. The van der Waals surface area contributed by atoms with E-state index in [1.54, 1.807) is 12.5 Å². The van der Waals surface area contributed by atoms with E-state index < -0.39 is 5.41 Å². The van der Waals surface area contributed by atoms with E-state index in [1.807, 2.05) is 27.7 Å². The maximum atomic E-state index is 12.3. The third kappa shape index (κ3) is 3.03. The van der Waals surface area contributed by atoms with Crippen LogP contribution in [0.4, 0.5) is 5.88 Å². The number of carbonyl (C=O) groups excluding carboxylic acids is 1. The Kier molecular flexibility index (Phi) is 4.02. The number of carbonyl (C=O) groups is 1. The van der Waals surface area contributed by atoms with Gasteiger partial charge in [0.2, 0.25) is 5.88 Å². The molecular weight excluding hydrogens is 296 g/mol. The molecule has 0 saturated carbocycles. The molecule has 6 nitrogen and oxygen atoms in total. The summed E-state index contributed by atoms with van der Waals surface area (Å²) in [6.45, 7) is 10.1. The zero-order valence-electron chi connectivity index (χ0n) is 14.0. The molecule has 2 aromatic rings. The molecular formula is C17H22N2O4. The van der Waals surface area contributed by atoms with Gasteiger partial charge in [0.1, 0.15) is 6.26 Å². The van der Waals surface area contributed by atoms with E-state index >= 15 is 0 Å². The second kappa shape index (κ2) is 5.85. The van der Waals surface area contributed by atoms with Crippen molar-refractivity contribution in [3.63, 3.8) is 0 Å². The lowest BCUT2D eigenvalue weighted by molar-refractivity contribution is -0.142. The highest BCUT2D eigenvalue weighted by atomic mass is 16.5. The van der Waals surface area contributed by atoms with Crippen molar-refractivity contribution in [2.75, 3.05) is 31.2 Å². The molecule has 1 fully saturated rings. The fourth-order valence-corrected chi connectivity index (χ4v) is 2.46. The molecule has 23 heavy (non-hydrogen) atoms. The predicted octanol–water partition coefficient (Wildman–Crippen LogP) is 2.92. The van der Waals surface area contributed by atoms with Crippen molar-refractivity contribution in [1.82, 2.24) is 4.98 Å². The Morgan fingerprint density at radius 3 is 2.65 bits per heavy atom. The van der Waals surface area contributed by atoms with Gasteiger partial charge < -0.3 is 18.8 Å². The minimum absolute atomic E-state index is 0.288. The quantitative estimate of drug-likeness (QED) is 0.793. The zero-order valence-corrected chi connectivity index (χ0v) is 14.0. The molecule has 0 atom stereocenters. The van der Waals surface area contributed by atoms with Crippen molar-refractivity contribution in [2.45, 2.75) is 27.7 Å². The number of aromatic nitrogens is 1. The van der Waals surface area contributed by atoms with Gasteiger partial charge in [-0.2, -0.15) is 0 Å². The number of morpholine rings is 1. The van der Waals surface area contributed by atoms with Crippen molar-refractivity contribution in [1.29, 1.82) is 0 Å². The maximum absolute atomic E-state index is 12.3. The molecule has 0 bridgehead atoms. The number of pyridine rings is 1. The van der Waals surface area contributed by atoms with Gasteiger partial charge in [-0.05, 0) is 27.7 Å². The minimum atomic E-state index is -0.586. The number of hydrogen-bond acceptors (Lipinski definition) is 6. The first-order valence-electron chi connectivity index (χ1n) is 7.79. The molecule has 0 radical (unpaired) electrons. The number of hydrogen-bond donors (Lipinski definition) is 0. The Hall–Kier alpha value is -2.08. The second-order valence-corrected chi connectivity index (χ2v) is 6.78. The number of aryl methyl sites for hydroxylation is 1. The van der Waals surface area contributed by atoms with E-state index in [4.69, 9.17) is 13.9 Å². The van der Waals surface area contributed by atoms with E-state index in [0.717, 1.165) is 23.9 Å². The van der Waals surface area contributed by atoms with Crippen LogP contribution in [0.3, 0.4) is 0 Å². The van der Waals surface area contributed by atoms with Gasteiger partial charge in [0, 0.05) is 24.7 Å². The van der Waals surface area contributed by atoms with Crippen LogP contribution < -0.4 is 9.64 Å². The Morgan fingerprint density at radius 1 is 1.30 bits per heavy atom. The third-order valence-electron chi connectivity index (χ3n) is 3.86. The lowest BCUT2D eigenvalue weighted by atomic mass is 9.97. The van der Waals surface area contributed by atoms with Crippen molar-refractivity contribution < 1.29 is 18.7 Å². The predicted molar refractivity (Wildman–Crippen MR) is 86.9 cm³/mol. The molecule has 3 heterocycles. The van der Waals surface area contributed by atoms with E-state index in [2.05, 4.69) is 9.88 Å². The van der Waals surface area contributed by atoms with Crippen LogP contribution in [0, 0.1) is 12.3 Å². The monoisotopic (exact) mass is 318 g/mol. The molecule has 1 saturated heterocycles. The van der Waals surface area contributed by atoms with Gasteiger partial charge >= 0.3 is 5.97 Å². The van der Waals surface area contributed by atoms with Crippen LogP contribution in [0.1, 0.15) is 26.5 Å². The number of fused-ring (bicyclic) bond motifs is 1. The summed E-state index contributed by atoms with van der Waals surface area (Å²) in [5, 5.41) is 1.63. The average Bonchev–Trinajstić information content (AvgIpc) is 2.94. The molecule has 3 rings (SSSR count). The van der Waals surface area contributed by atoms with Gasteiger partial charge in [0.25, 0.3) is 0 Å². The van der Waals surface area contributed by atoms with Crippen LogP contribution in [0.25, 0.3) is 10.8 Å². The molecule has 0 amide bonds. The van der Waals surface area contributed by atoms with Crippen LogP contribution in [0.5, 0.6) is 5.75 Å². The van der Waals surface area contributed by atoms with Crippen molar-refractivity contribution in [2.24, 2.45) is 5.41 Å². The van der Waals surface area contributed by atoms with Crippen molar-refractivity contribution in [3.8, 4) is 5.75 Å². The number of ether oxygens (including phenoxy) is 2. The Bertz CT molecular complexity index is 724. The fourth-order valence-electron chi connectivity index (χ4n) is 2.46. The lowest BCUT2D eigenvalue weighted by Crippen LogP contribution is -2.36. The highest BCUT2D eigenvalue weighted by Gasteiger charge is 2.28. The van der Waals surface area contributed by atoms with Crippen LogP contribution in [-0.4, -0.2) is 37.3 Å². The smallest absolute Gasteiger partial charge is 0.316 e. The molecule has 0 spiro atoms. The maximum Gasteiger partial charge on any atom is 0.316 e. The molecule has 0 aromatic carbocycles. The summed E-state index contributed by atoms with van der Waals surface area (Å²) in [5.41, 5.74) is 0.0864. The van der Waals surface area contributed by atoms with Gasteiger partial charge in [-0.15, -0.1) is 0 Å². The summed E-state index contributed by atoms with van der Waals surface area (Å²) in [7, 11) is 0. The number of rotatable bonds is 2. The summed E-state index contributed by atoms with van der Waals surface area (Å²) in [6, 6.07) is 0. The minimum Gasteiger partial charge on any atom is -0.447 e. The van der Waals surface area contributed by atoms with Crippen molar-refractivity contribution >= 4 is 22.6 Å². The summed E-state index contributed by atoms with van der Waals surface area (Å²) >= 11 is 0. The van der Waals surface area contributed by atoms with Crippen LogP contribution in [0.2, 0.25) is 0 Å². The van der Waals surface area contributed by atoms with Gasteiger partial charge in [0.15, 0.2) is 5.75 Å².